The lowest BCUT2D eigenvalue weighted by Crippen LogP contribution is -2.48. The van der Waals surface area contributed by atoms with Crippen LogP contribution in [0.2, 0.25) is 0 Å². The Hall–Kier alpha value is -2.28. The Kier molecular flexibility index (Phi) is 9.43. The van der Waals surface area contributed by atoms with Gasteiger partial charge in [-0.1, -0.05) is 18.2 Å². The van der Waals surface area contributed by atoms with Crippen LogP contribution >= 0.6 is 24.8 Å². The largest absolute Gasteiger partial charge is 0.507 e. The van der Waals surface area contributed by atoms with Gasteiger partial charge in [0.05, 0.1) is 13.7 Å². The van der Waals surface area contributed by atoms with Crippen LogP contribution in [0.15, 0.2) is 42.5 Å². The first-order valence-electron chi connectivity index (χ1n) is 8.97. The number of carbonyl (C=O) groups excluding carboxylic acids is 2. The number of hydrogen-bond acceptors (Lipinski definition) is 6. The number of aromatic hydroxyl groups is 1. The van der Waals surface area contributed by atoms with Crippen molar-refractivity contribution in [3.8, 4) is 5.75 Å². The maximum absolute atomic E-state index is 12.6. The summed E-state index contributed by atoms with van der Waals surface area (Å²) in [6, 6.07) is 12.6. The average Bonchev–Trinajstić information content (AvgIpc) is 2.69. The number of benzene rings is 2. The molecule has 1 N–H and O–H groups in total. The van der Waals surface area contributed by atoms with E-state index in [1.165, 1.54) is 36.6 Å². The van der Waals surface area contributed by atoms with Crippen LogP contribution in [-0.2, 0) is 4.74 Å². The van der Waals surface area contributed by atoms with E-state index in [4.69, 9.17) is 0 Å². The lowest BCUT2D eigenvalue weighted by molar-refractivity contribution is 0.0597. The number of para-hydroxylation sites is 1. The minimum Gasteiger partial charge on any atom is -0.507 e. The van der Waals surface area contributed by atoms with Gasteiger partial charge < -0.3 is 14.7 Å². The summed E-state index contributed by atoms with van der Waals surface area (Å²) in [5.41, 5.74) is 2.90. The topological polar surface area (TPSA) is 70.1 Å². The van der Waals surface area contributed by atoms with Gasteiger partial charge in [0.15, 0.2) is 5.78 Å². The molecule has 2 aromatic carbocycles. The van der Waals surface area contributed by atoms with E-state index in [0.29, 0.717) is 5.56 Å². The Morgan fingerprint density at radius 2 is 1.69 bits per heavy atom. The molecule has 3 rings (SSSR count). The van der Waals surface area contributed by atoms with Crippen molar-refractivity contribution in [3.05, 3.63) is 59.2 Å². The van der Waals surface area contributed by atoms with E-state index in [9.17, 15) is 14.7 Å². The monoisotopic (exact) mass is 440 g/mol. The van der Waals surface area contributed by atoms with Crippen LogP contribution in [0.4, 0.5) is 5.69 Å². The maximum atomic E-state index is 12.6. The number of rotatable bonds is 5. The van der Waals surface area contributed by atoms with Crippen molar-refractivity contribution in [1.29, 1.82) is 0 Å². The molecule has 0 spiro atoms. The van der Waals surface area contributed by atoms with Crippen LogP contribution in [0.5, 0.6) is 5.75 Å². The van der Waals surface area contributed by atoms with Crippen molar-refractivity contribution in [3.63, 3.8) is 0 Å². The summed E-state index contributed by atoms with van der Waals surface area (Å²) < 4.78 is 4.64. The molecule has 0 atom stereocenters. The number of phenols is 1. The molecular weight excluding hydrogens is 415 g/mol. The minimum absolute atomic E-state index is 0. The van der Waals surface area contributed by atoms with E-state index in [-0.39, 0.29) is 48.5 Å². The normalized spacial score (nSPS) is 13.8. The third-order valence-corrected chi connectivity index (χ3v) is 4.92. The zero-order chi connectivity index (χ0) is 19.4. The lowest BCUT2D eigenvalue weighted by atomic mass is 10.1. The van der Waals surface area contributed by atoms with E-state index < -0.39 is 5.97 Å². The van der Waals surface area contributed by atoms with Gasteiger partial charge in [-0.25, -0.2) is 4.79 Å². The van der Waals surface area contributed by atoms with Gasteiger partial charge in [0.25, 0.3) is 0 Å². The average molecular weight is 441 g/mol. The highest BCUT2D eigenvalue weighted by atomic mass is 35.5. The number of carbonyl (C=O) groups is 2. The van der Waals surface area contributed by atoms with E-state index in [0.717, 1.165) is 26.2 Å². The van der Waals surface area contributed by atoms with Crippen LogP contribution in [-0.4, -0.2) is 61.6 Å². The molecule has 1 aliphatic rings. The number of aryl methyl sites for hydroxylation is 1. The van der Waals surface area contributed by atoms with Crippen molar-refractivity contribution in [2.75, 3.05) is 44.7 Å². The highest BCUT2D eigenvalue weighted by Crippen LogP contribution is 2.22. The summed E-state index contributed by atoms with van der Waals surface area (Å²) in [5, 5.41) is 9.77. The highest BCUT2D eigenvalue weighted by Gasteiger charge is 2.22. The number of ether oxygens (including phenoxy) is 1. The maximum Gasteiger partial charge on any atom is 0.341 e. The molecule has 0 amide bonds. The van der Waals surface area contributed by atoms with Gasteiger partial charge in [-0.15, -0.1) is 24.8 Å². The van der Waals surface area contributed by atoms with Gasteiger partial charge in [-0.3, -0.25) is 9.69 Å². The fraction of sp³-hybridized carbons (Fsp3) is 0.333. The van der Waals surface area contributed by atoms with Crippen molar-refractivity contribution in [2.45, 2.75) is 6.92 Å². The van der Waals surface area contributed by atoms with Gasteiger partial charge in [-0.2, -0.15) is 0 Å². The zero-order valence-corrected chi connectivity index (χ0v) is 18.1. The van der Waals surface area contributed by atoms with Gasteiger partial charge in [0.1, 0.15) is 11.3 Å². The van der Waals surface area contributed by atoms with Crippen LogP contribution in [0.3, 0.4) is 0 Å². The molecule has 0 aliphatic carbocycles. The van der Waals surface area contributed by atoms with Gasteiger partial charge in [-0.05, 0) is 36.8 Å². The molecule has 0 bridgehead atoms. The van der Waals surface area contributed by atoms with Gasteiger partial charge >= 0.3 is 5.97 Å². The SMILES string of the molecule is COC(=O)c1cc(C(=O)CN2CCN(c3ccccc3C)CC2)ccc1O.Cl.Cl. The fourth-order valence-electron chi connectivity index (χ4n) is 3.34. The van der Waals surface area contributed by atoms with E-state index >= 15 is 0 Å². The molecule has 6 nitrogen and oxygen atoms in total. The molecule has 1 fully saturated rings. The molecule has 0 saturated carbocycles. The molecule has 0 unspecified atom stereocenters. The highest BCUT2D eigenvalue weighted by molar-refractivity contribution is 6.01. The summed E-state index contributed by atoms with van der Waals surface area (Å²) in [6.45, 7) is 5.70. The fourth-order valence-corrected chi connectivity index (χ4v) is 3.34. The third kappa shape index (κ3) is 5.85. The van der Waals surface area contributed by atoms with Gasteiger partial charge in [0, 0.05) is 37.4 Å². The van der Waals surface area contributed by atoms with Gasteiger partial charge in [0.2, 0.25) is 0 Å². The smallest absolute Gasteiger partial charge is 0.341 e. The third-order valence-electron chi connectivity index (χ3n) is 4.92. The second kappa shape index (κ2) is 11.0. The van der Waals surface area contributed by atoms with Crippen molar-refractivity contribution < 1.29 is 19.4 Å². The summed E-state index contributed by atoms with van der Waals surface area (Å²) in [6.07, 6.45) is 0. The predicted molar refractivity (Wildman–Crippen MR) is 118 cm³/mol. The number of Topliss-reactive ketones (excluding diaryl/α,β-unsaturated/α-hetero) is 1. The summed E-state index contributed by atoms with van der Waals surface area (Å²) in [7, 11) is 1.24. The van der Waals surface area contributed by atoms with Crippen LogP contribution in [0.25, 0.3) is 0 Å². The quantitative estimate of drug-likeness (QED) is 0.567. The lowest BCUT2D eigenvalue weighted by Gasteiger charge is -2.36. The first kappa shape index (κ1) is 24.8. The number of halogens is 2. The molecule has 8 heteroatoms. The molecule has 158 valence electrons. The number of phenolic OH excluding ortho intramolecular Hbond substituents is 1. The number of nitrogens with zero attached hydrogens (tertiary/aromatic N) is 2. The van der Waals surface area contributed by atoms with Crippen LogP contribution < -0.4 is 4.90 Å². The number of anilines is 1. The van der Waals surface area contributed by atoms with Crippen molar-refractivity contribution in [1.82, 2.24) is 4.90 Å². The number of piperazine rings is 1. The Bertz CT molecular complexity index is 852. The Morgan fingerprint density at radius 1 is 1.03 bits per heavy atom. The summed E-state index contributed by atoms with van der Waals surface area (Å²) >= 11 is 0. The molecule has 1 saturated heterocycles. The number of hydrogen-bond donors (Lipinski definition) is 1. The summed E-state index contributed by atoms with van der Waals surface area (Å²) in [5.74, 6) is -0.927. The summed E-state index contributed by atoms with van der Waals surface area (Å²) in [4.78, 5) is 28.7. The van der Waals surface area contributed by atoms with Crippen LogP contribution in [0.1, 0.15) is 26.3 Å². The second-order valence-corrected chi connectivity index (χ2v) is 6.70. The molecule has 1 aliphatic heterocycles. The Balaban J connectivity index is 0.00000210. The molecule has 0 radical (unpaired) electrons. The Labute approximate surface area is 183 Å². The number of methoxy groups -OCH3 is 1. The molecule has 2 aromatic rings. The molecule has 1 heterocycles. The minimum atomic E-state index is -0.658. The molecular formula is C21H26Cl2N2O4. The number of ketones is 1. The van der Waals surface area contributed by atoms with Crippen molar-refractivity contribution >= 4 is 42.3 Å². The van der Waals surface area contributed by atoms with E-state index in [1.807, 2.05) is 12.1 Å². The zero-order valence-electron chi connectivity index (χ0n) is 16.5. The van der Waals surface area contributed by atoms with E-state index in [2.05, 4.69) is 33.6 Å². The first-order chi connectivity index (χ1) is 13.0. The number of esters is 1. The first-order valence-corrected chi connectivity index (χ1v) is 8.97. The standard InChI is InChI=1S/C21H24N2O4.2ClH/c1-15-5-3-4-6-18(15)23-11-9-22(10-12-23)14-20(25)16-7-8-19(24)17(13-16)21(26)27-2;;/h3-8,13,24H,9-12,14H2,1-2H3;2*1H. The second-order valence-electron chi connectivity index (χ2n) is 6.70. The predicted octanol–water partition coefficient (Wildman–Crippen LogP) is 3.34. The molecule has 0 aromatic heterocycles. The van der Waals surface area contributed by atoms with Crippen LogP contribution in [0, 0.1) is 6.92 Å². The van der Waals surface area contributed by atoms with E-state index in [1.54, 1.807) is 0 Å². The van der Waals surface area contributed by atoms with Crippen molar-refractivity contribution in [2.24, 2.45) is 0 Å². The molecule has 29 heavy (non-hydrogen) atoms. The Morgan fingerprint density at radius 3 is 2.31 bits per heavy atom.